The van der Waals surface area contributed by atoms with Gasteiger partial charge in [-0.1, -0.05) is 6.92 Å². The highest BCUT2D eigenvalue weighted by atomic mass is 35.5. The van der Waals surface area contributed by atoms with Crippen LogP contribution in [-0.4, -0.2) is 32.1 Å². The molecule has 0 aliphatic carbocycles. The van der Waals surface area contributed by atoms with Crippen molar-refractivity contribution in [2.24, 2.45) is 7.05 Å². The van der Waals surface area contributed by atoms with Crippen molar-refractivity contribution >= 4 is 11.6 Å². The molecule has 1 aromatic rings. The number of hydrogen-bond donors (Lipinski definition) is 1. The van der Waals surface area contributed by atoms with Crippen molar-refractivity contribution in [3.8, 4) is 0 Å². The second-order valence-corrected chi connectivity index (χ2v) is 3.14. The van der Waals surface area contributed by atoms with E-state index in [0.717, 1.165) is 6.42 Å². The number of halogens is 1. The van der Waals surface area contributed by atoms with Gasteiger partial charge in [0.1, 0.15) is 0 Å². The predicted octanol–water partition coefficient (Wildman–Crippen LogP) is 0.317. The summed E-state index contributed by atoms with van der Waals surface area (Å²) in [6, 6.07) is 0.325. The fourth-order valence-electron chi connectivity index (χ4n) is 0.938. The molecule has 1 N–H and O–H groups in total. The van der Waals surface area contributed by atoms with Gasteiger partial charge in [0.2, 0.25) is 0 Å². The summed E-state index contributed by atoms with van der Waals surface area (Å²) in [5.74, 6) is 1.31. The molecule has 1 aromatic heterocycles. The quantitative estimate of drug-likeness (QED) is 0.701. The summed E-state index contributed by atoms with van der Waals surface area (Å²) in [5.41, 5.74) is 0. The van der Waals surface area contributed by atoms with E-state index in [-0.39, 0.29) is 0 Å². The van der Waals surface area contributed by atoms with Gasteiger partial charge in [0.15, 0.2) is 5.82 Å². The van der Waals surface area contributed by atoms with Gasteiger partial charge in [0, 0.05) is 11.9 Å². The van der Waals surface area contributed by atoms with Crippen LogP contribution in [0.15, 0.2) is 0 Å². The van der Waals surface area contributed by atoms with Crippen molar-refractivity contribution in [3.63, 3.8) is 0 Å². The Labute approximate surface area is 82.5 Å². The molecule has 0 aliphatic heterocycles. The third kappa shape index (κ3) is 3.28. The van der Waals surface area contributed by atoms with Crippen LogP contribution in [0.5, 0.6) is 0 Å². The first-order valence-corrected chi connectivity index (χ1v) is 4.82. The molecule has 1 heterocycles. The Morgan fingerprint density at radius 3 is 2.85 bits per heavy atom. The van der Waals surface area contributed by atoms with Crippen LogP contribution in [0.3, 0.4) is 0 Å². The van der Waals surface area contributed by atoms with Gasteiger partial charge in [-0.3, -0.25) is 0 Å². The smallest absolute Gasteiger partial charge is 0.188 e. The summed E-state index contributed by atoms with van der Waals surface area (Å²) in [7, 11) is 1.75. The second-order valence-electron chi connectivity index (χ2n) is 2.84. The minimum atomic E-state index is 0.325. The van der Waals surface area contributed by atoms with E-state index in [0.29, 0.717) is 24.3 Å². The molecular weight excluding hydrogens is 190 g/mol. The minimum absolute atomic E-state index is 0.325. The number of nitrogens with zero attached hydrogens (tertiary/aromatic N) is 4. The van der Waals surface area contributed by atoms with E-state index in [9.17, 15) is 0 Å². The highest BCUT2D eigenvalue weighted by Gasteiger charge is 2.05. The first-order chi connectivity index (χ1) is 6.26. The number of aromatic nitrogens is 4. The van der Waals surface area contributed by atoms with Crippen molar-refractivity contribution in [3.05, 3.63) is 5.82 Å². The Kier molecular flexibility index (Phi) is 4.11. The average Bonchev–Trinajstić information content (AvgIpc) is 2.53. The number of nitrogens with one attached hydrogen (secondary N) is 1. The van der Waals surface area contributed by atoms with Gasteiger partial charge < -0.3 is 5.32 Å². The van der Waals surface area contributed by atoms with Crippen molar-refractivity contribution in [1.82, 2.24) is 25.5 Å². The van der Waals surface area contributed by atoms with Crippen molar-refractivity contribution in [2.45, 2.75) is 25.9 Å². The fourth-order valence-corrected chi connectivity index (χ4v) is 1.27. The molecule has 1 atom stereocenters. The lowest BCUT2D eigenvalue weighted by Gasteiger charge is -2.10. The van der Waals surface area contributed by atoms with Gasteiger partial charge >= 0.3 is 0 Å². The van der Waals surface area contributed by atoms with E-state index in [1.165, 1.54) is 4.80 Å². The zero-order valence-corrected chi connectivity index (χ0v) is 8.62. The predicted molar refractivity (Wildman–Crippen MR) is 50.4 cm³/mol. The van der Waals surface area contributed by atoms with Crippen LogP contribution in [0.2, 0.25) is 0 Å². The third-order valence-electron chi connectivity index (χ3n) is 1.78. The normalized spacial score (nSPS) is 13.2. The molecule has 0 amide bonds. The van der Waals surface area contributed by atoms with Crippen LogP contribution in [0.25, 0.3) is 0 Å². The second kappa shape index (κ2) is 5.14. The molecular formula is C7H14ClN5. The summed E-state index contributed by atoms with van der Waals surface area (Å²) in [5, 5.41) is 14.9. The summed E-state index contributed by atoms with van der Waals surface area (Å²) in [4.78, 5) is 1.44. The standard InChI is InChI=1S/C7H14ClN5/c1-3-6(4-8)9-5-7-10-12-13(2)11-7/h6,9H,3-5H2,1-2H3. The molecule has 13 heavy (non-hydrogen) atoms. The average molecular weight is 204 g/mol. The third-order valence-corrected chi connectivity index (χ3v) is 2.15. The highest BCUT2D eigenvalue weighted by Crippen LogP contribution is 1.95. The molecule has 74 valence electrons. The molecule has 0 aliphatic rings. The Bertz CT molecular complexity index is 245. The van der Waals surface area contributed by atoms with Gasteiger partial charge in [0.25, 0.3) is 0 Å². The van der Waals surface area contributed by atoms with E-state index in [2.05, 4.69) is 27.7 Å². The number of aryl methyl sites for hydroxylation is 1. The monoisotopic (exact) mass is 203 g/mol. The molecule has 0 spiro atoms. The Hall–Kier alpha value is -0.680. The van der Waals surface area contributed by atoms with Gasteiger partial charge in [-0.25, -0.2) is 0 Å². The summed E-state index contributed by atoms with van der Waals surface area (Å²) >= 11 is 5.71. The Morgan fingerprint density at radius 2 is 2.38 bits per heavy atom. The summed E-state index contributed by atoms with van der Waals surface area (Å²) < 4.78 is 0. The van der Waals surface area contributed by atoms with Crippen molar-refractivity contribution in [1.29, 1.82) is 0 Å². The highest BCUT2D eigenvalue weighted by molar-refractivity contribution is 6.18. The topological polar surface area (TPSA) is 55.6 Å². The molecule has 0 fully saturated rings. The maximum Gasteiger partial charge on any atom is 0.188 e. The van der Waals surface area contributed by atoms with Crippen LogP contribution in [-0.2, 0) is 13.6 Å². The molecule has 6 heteroatoms. The maximum absolute atomic E-state index is 5.71. The molecule has 0 saturated heterocycles. The minimum Gasteiger partial charge on any atom is -0.306 e. The van der Waals surface area contributed by atoms with E-state index in [1.807, 2.05) is 0 Å². The SMILES string of the molecule is CCC(CCl)NCc1nnn(C)n1. The number of rotatable bonds is 5. The van der Waals surface area contributed by atoms with Crippen LogP contribution >= 0.6 is 11.6 Å². The summed E-state index contributed by atoms with van der Waals surface area (Å²) in [6.45, 7) is 2.71. The molecule has 0 radical (unpaired) electrons. The lowest BCUT2D eigenvalue weighted by Crippen LogP contribution is -2.29. The van der Waals surface area contributed by atoms with Crippen LogP contribution in [0, 0.1) is 0 Å². The zero-order valence-electron chi connectivity index (χ0n) is 7.87. The van der Waals surface area contributed by atoms with Gasteiger partial charge in [0.05, 0.1) is 13.6 Å². The van der Waals surface area contributed by atoms with Gasteiger partial charge in [-0.2, -0.15) is 4.80 Å². The number of alkyl halides is 1. The number of tetrazole rings is 1. The van der Waals surface area contributed by atoms with E-state index < -0.39 is 0 Å². The van der Waals surface area contributed by atoms with Crippen molar-refractivity contribution in [2.75, 3.05) is 5.88 Å². The maximum atomic E-state index is 5.71. The zero-order chi connectivity index (χ0) is 9.68. The Balaban J connectivity index is 2.33. The van der Waals surface area contributed by atoms with Gasteiger partial charge in [-0.05, 0) is 11.6 Å². The van der Waals surface area contributed by atoms with Crippen LogP contribution < -0.4 is 5.32 Å². The van der Waals surface area contributed by atoms with E-state index in [1.54, 1.807) is 7.05 Å². The van der Waals surface area contributed by atoms with Crippen LogP contribution in [0.4, 0.5) is 0 Å². The Morgan fingerprint density at radius 1 is 1.62 bits per heavy atom. The first kappa shape index (κ1) is 10.4. The molecule has 1 rings (SSSR count). The van der Waals surface area contributed by atoms with Crippen LogP contribution in [0.1, 0.15) is 19.2 Å². The largest absolute Gasteiger partial charge is 0.306 e. The molecule has 0 bridgehead atoms. The first-order valence-electron chi connectivity index (χ1n) is 4.28. The molecule has 5 nitrogen and oxygen atoms in total. The van der Waals surface area contributed by atoms with Gasteiger partial charge in [-0.15, -0.1) is 21.8 Å². The number of hydrogen-bond acceptors (Lipinski definition) is 4. The lowest BCUT2D eigenvalue weighted by molar-refractivity contribution is 0.525. The van der Waals surface area contributed by atoms with Crippen molar-refractivity contribution < 1.29 is 0 Å². The summed E-state index contributed by atoms with van der Waals surface area (Å²) in [6.07, 6.45) is 1.00. The van der Waals surface area contributed by atoms with E-state index >= 15 is 0 Å². The molecule has 0 aromatic carbocycles. The fraction of sp³-hybridized carbons (Fsp3) is 0.857. The van der Waals surface area contributed by atoms with E-state index in [4.69, 9.17) is 11.6 Å². The molecule has 1 unspecified atom stereocenters. The molecule has 0 saturated carbocycles. The lowest BCUT2D eigenvalue weighted by atomic mass is 10.2.